The largest absolute Gasteiger partial charge is 0.396 e. The first-order valence-electron chi connectivity index (χ1n) is 3.94. The average Bonchev–Trinajstić information content (AvgIpc) is 2.01. The summed E-state index contributed by atoms with van der Waals surface area (Å²) in [4.78, 5) is 0. The van der Waals surface area contributed by atoms with Crippen LogP contribution in [0.15, 0.2) is 36.5 Å². The maximum absolute atomic E-state index is 8.65. The summed E-state index contributed by atoms with van der Waals surface area (Å²) in [5, 5.41) is 8.65. The van der Waals surface area contributed by atoms with Gasteiger partial charge in [0, 0.05) is 6.61 Å². The molecule has 62 valence electrons. The molecule has 0 saturated carbocycles. The van der Waals surface area contributed by atoms with E-state index in [-0.39, 0.29) is 6.61 Å². The molecule has 0 amide bonds. The normalized spacial score (nSPS) is 12.4. The van der Waals surface area contributed by atoms with Gasteiger partial charge in [0.05, 0.1) is 0 Å². The predicted molar refractivity (Wildman–Crippen MR) is 49.4 cm³/mol. The van der Waals surface area contributed by atoms with Crippen molar-refractivity contribution in [2.45, 2.75) is 19.8 Å². The summed E-state index contributed by atoms with van der Waals surface area (Å²) in [5.41, 5.74) is 1.13. The van der Waals surface area contributed by atoms with Gasteiger partial charge in [-0.2, -0.15) is 0 Å². The highest BCUT2D eigenvalue weighted by Gasteiger charge is 1.87. The SMILES string of the molecule is C=C/C=C(\C=C/CC)CCO. The van der Waals surface area contributed by atoms with Crippen LogP contribution >= 0.6 is 0 Å². The molecule has 11 heavy (non-hydrogen) atoms. The Morgan fingerprint density at radius 2 is 2.27 bits per heavy atom. The summed E-state index contributed by atoms with van der Waals surface area (Å²) in [6.07, 6.45) is 9.50. The highest BCUT2D eigenvalue weighted by molar-refractivity contribution is 5.22. The van der Waals surface area contributed by atoms with E-state index < -0.39 is 0 Å². The fourth-order valence-corrected chi connectivity index (χ4v) is 0.772. The molecule has 1 N–H and O–H groups in total. The van der Waals surface area contributed by atoms with E-state index in [9.17, 15) is 0 Å². The summed E-state index contributed by atoms with van der Waals surface area (Å²) in [6.45, 7) is 5.89. The molecule has 1 nitrogen and oxygen atoms in total. The van der Waals surface area contributed by atoms with E-state index in [2.05, 4.69) is 19.6 Å². The standard InChI is InChI=1S/C10H16O/c1-3-5-7-10(6-4-2)8-9-11/h4-7,11H,2-3,8-9H2,1H3/b7-5-,10-6+. The van der Waals surface area contributed by atoms with Crippen LogP contribution < -0.4 is 0 Å². The van der Waals surface area contributed by atoms with Gasteiger partial charge in [0.25, 0.3) is 0 Å². The molecule has 1 heteroatoms. The Hall–Kier alpha value is -0.820. The lowest BCUT2D eigenvalue weighted by molar-refractivity contribution is 0.300. The number of allylic oxidation sites excluding steroid dienone is 4. The monoisotopic (exact) mass is 152 g/mol. The molecule has 0 atom stereocenters. The van der Waals surface area contributed by atoms with Crippen LogP contribution in [0.5, 0.6) is 0 Å². The van der Waals surface area contributed by atoms with Crippen LogP contribution in [0.4, 0.5) is 0 Å². The zero-order valence-electron chi connectivity index (χ0n) is 7.09. The molecule has 0 aliphatic rings. The molecule has 0 bridgehead atoms. The van der Waals surface area contributed by atoms with Crippen molar-refractivity contribution < 1.29 is 5.11 Å². The number of rotatable bonds is 5. The van der Waals surface area contributed by atoms with Crippen LogP contribution in [-0.4, -0.2) is 11.7 Å². The first-order valence-corrected chi connectivity index (χ1v) is 3.94. The minimum atomic E-state index is 0.202. The van der Waals surface area contributed by atoms with Gasteiger partial charge in [-0.1, -0.05) is 37.8 Å². The molecular formula is C10H16O. The minimum absolute atomic E-state index is 0.202. The highest BCUT2D eigenvalue weighted by atomic mass is 16.2. The van der Waals surface area contributed by atoms with Crippen molar-refractivity contribution in [2.75, 3.05) is 6.61 Å². The van der Waals surface area contributed by atoms with E-state index in [4.69, 9.17) is 5.11 Å². The third kappa shape index (κ3) is 5.62. The van der Waals surface area contributed by atoms with Crippen LogP contribution in [0.25, 0.3) is 0 Å². The lowest BCUT2D eigenvalue weighted by Crippen LogP contribution is -1.84. The zero-order chi connectivity index (χ0) is 8.53. The van der Waals surface area contributed by atoms with Gasteiger partial charge in [-0.05, 0) is 18.4 Å². The Morgan fingerprint density at radius 3 is 2.73 bits per heavy atom. The lowest BCUT2D eigenvalue weighted by Gasteiger charge is -1.95. The fourth-order valence-electron chi connectivity index (χ4n) is 0.772. The van der Waals surface area contributed by atoms with E-state index in [0.29, 0.717) is 6.42 Å². The van der Waals surface area contributed by atoms with Gasteiger partial charge in [-0.3, -0.25) is 0 Å². The number of aliphatic hydroxyl groups excluding tert-OH is 1. The summed E-state index contributed by atoms with van der Waals surface area (Å²) in [6, 6.07) is 0. The van der Waals surface area contributed by atoms with Crippen LogP contribution in [0.3, 0.4) is 0 Å². The molecule has 0 aliphatic heterocycles. The van der Waals surface area contributed by atoms with Crippen molar-refractivity contribution in [3.05, 3.63) is 36.5 Å². The first-order chi connectivity index (χ1) is 5.35. The predicted octanol–water partition coefficient (Wildman–Crippen LogP) is 2.45. The van der Waals surface area contributed by atoms with Gasteiger partial charge in [0.1, 0.15) is 0 Å². The van der Waals surface area contributed by atoms with Gasteiger partial charge in [-0.15, -0.1) is 0 Å². The second-order valence-corrected chi connectivity index (χ2v) is 2.26. The van der Waals surface area contributed by atoms with Crippen molar-refractivity contribution in [1.82, 2.24) is 0 Å². The Kier molecular flexibility index (Phi) is 6.75. The van der Waals surface area contributed by atoms with Gasteiger partial charge in [0.2, 0.25) is 0 Å². The third-order valence-electron chi connectivity index (χ3n) is 1.30. The van der Waals surface area contributed by atoms with Gasteiger partial charge in [0.15, 0.2) is 0 Å². The number of aliphatic hydroxyl groups is 1. The Labute approximate surface area is 68.7 Å². The Balaban J connectivity index is 3.98. The molecule has 0 saturated heterocycles. The summed E-state index contributed by atoms with van der Waals surface area (Å²) in [5.74, 6) is 0. The summed E-state index contributed by atoms with van der Waals surface area (Å²) >= 11 is 0. The molecule has 0 heterocycles. The smallest absolute Gasteiger partial charge is 0.0471 e. The first kappa shape index (κ1) is 10.2. The second-order valence-electron chi connectivity index (χ2n) is 2.26. The number of hydrogen-bond acceptors (Lipinski definition) is 1. The second kappa shape index (κ2) is 7.29. The maximum atomic E-state index is 8.65. The lowest BCUT2D eigenvalue weighted by atomic mass is 10.1. The molecule has 0 radical (unpaired) electrons. The van der Waals surface area contributed by atoms with Crippen molar-refractivity contribution in [2.24, 2.45) is 0 Å². The minimum Gasteiger partial charge on any atom is -0.396 e. The van der Waals surface area contributed by atoms with E-state index in [0.717, 1.165) is 12.0 Å². The van der Waals surface area contributed by atoms with Crippen molar-refractivity contribution in [1.29, 1.82) is 0 Å². The topological polar surface area (TPSA) is 20.2 Å². The number of hydrogen-bond donors (Lipinski definition) is 1. The molecular weight excluding hydrogens is 136 g/mol. The maximum Gasteiger partial charge on any atom is 0.0471 e. The van der Waals surface area contributed by atoms with Crippen molar-refractivity contribution in [3.63, 3.8) is 0 Å². The van der Waals surface area contributed by atoms with Crippen LogP contribution in [-0.2, 0) is 0 Å². The summed E-state index contributed by atoms with van der Waals surface area (Å²) in [7, 11) is 0. The highest BCUT2D eigenvalue weighted by Crippen LogP contribution is 2.03. The molecule has 0 spiro atoms. The van der Waals surface area contributed by atoms with Crippen LogP contribution in [0.1, 0.15) is 19.8 Å². The summed E-state index contributed by atoms with van der Waals surface area (Å²) < 4.78 is 0. The van der Waals surface area contributed by atoms with Crippen molar-refractivity contribution in [3.8, 4) is 0 Å². The molecule has 0 rings (SSSR count). The van der Waals surface area contributed by atoms with Crippen LogP contribution in [0.2, 0.25) is 0 Å². The Morgan fingerprint density at radius 1 is 1.55 bits per heavy atom. The third-order valence-corrected chi connectivity index (χ3v) is 1.30. The molecule has 0 aromatic carbocycles. The Bertz CT molecular complexity index is 154. The van der Waals surface area contributed by atoms with Gasteiger partial charge in [-0.25, -0.2) is 0 Å². The zero-order valence-corrected chi connectivity index (χ0v) is 7.09. The van der Waals surface area contributed by atoms with Crippen molar-refractivity contribution >= 4 is 0 Å². The molecule has 0 aromatic rings. The molecule has 0 fully saturated rings. The average molecular weight is 152 g/mol. The van der Waals surface area contributed by atoms with E-state index >= 15 is 0 Å². The molecule has 0 aliphatic carbocycles. The van der Waals surface area contributed by atoms with Crippen LogP contribution in [0, 0.1) is 0 Å². The quantitative estimate of drug-likeness (QED) is 0.600. The fraction of sp³-hybridized carbons (Fsp3) is 0.400. The van der Waals surface area contributed by atoms with E-state index in [1.807, 2.05) is 12.2 Å². The molecule has 0 unspecified atom stereocenters. The van der Waals surface area contributed by atoms with E-state index in [1.165, 1.54) is 0 Å². The van der Waals surface area contributed by atoms with Gasteiger partial charge < -0.3 is 5.11 Å². The van der Waals surface area contributed by atoms with Gasteiger partial charge >= 0.3 is 0 Å². The molecule has 0 aromatic heterocycles. The van der Waals surface area contributed by atoms with E-state index in [1.54, 1.807) is 6.08 Å².